The Labute approximate surface area is 116 Å². The molecule has 1 atom stereocenters. The number of hydrogen-bond donors (Lipinski definition) is 0. The summed E-state index contributed by atoms with van der Waals surface area (Å²) in [5.74, 6) is 0. The van der Waals surface area contributed by atoms with Crippen molar-refractivity contribution < 1.29 is 0 Å². The molecule has 0 saturated carbocycles. The van der Waals surface area contributed by atoms with Gasteiger partial charge in [-0.25, -0.2) is 4.75 Å². The van der Waals surface area contributed by atoms with Crippen molar-refractivity contribution in [2.75, 3.05) is 0 Å². The van der Waals surface area contributed by atoms with Crippen molar-refractivity contribution in [2.45, 2.75) is 40.0 Å². The maximum absolute atomic E-state index is 4.90. The molecule has 0 amide bonds. The number of benzene rings is 1. The molecule has 3 rings (SSSR count). The van der Waals surface area contributed by atoms with Crippen LogP contribution in [-0.4, -0.2) is 4.75 Å². The SMILES string of the molecule is CC1=C(C)C(C)(c2n[pH]c3ccccc23)C(C)=C1C. The summed E-state index contributed by atoms with van der Waals surface area (Å²) < 4.78 is 4.90. The maximum atomic E-state index is 4.90. The molecule has 0 aliphatic heterocycles. The Morgan fingerprint density at radius 3 is 2.16 bits per heavy atom. The highest BCUT2D eigenvalue weighted by Gasteiger charge is 2.40. The highest BCUT2D eigenvalue weighted by atomic mass is 31.0. The second-order valence-electron chi connectivity index (χ2n) is 5.74. The van der Waals surface area contributed by atoms with E-state index in [0.717, 1.165) is 0 Å². The molecular formula is C17H20NP. The maximum Gasteiger partial charge on any atom is 0.0664 e. The molecule has 2 heteroatoms. The molecule has 0 spiro atoms. The number of rotatable bonds is 1. The third-order valence-electron chi connectivity index (χ3n) is 5.13. The molecular weight excluding hydrogens is 249 g/mol. The average molecular weight is 269 g/mol. The van der Waals surface area contributed by atoms with Gasteiger partial charge in [-0.2, -0.15) is 0 Å². The van der Waals surface area contributed by atoms with Crippen LogP contribution in [0.2, 0.25) is 0 Å². The first kappa shape index (κ1) is 12.7. The molecule has 1 heterocycles. The monoisotopic (exact) mass is 269 g/mol. The van der Waals surface area contributed by atoms with Crippen LogP contribution in [0.5, 0.6) is 0 Å². The van der Waals surface area contributed by atoms with E-state index in [9.17, 15) is 0 Å². The molecule has 1 aromatic carbocycles. The summed E-state index contributed by atoms with van der Waals surface area (Å²) in [6.07, 6.45) is 0. The third-order valence-corrected chi connectivity index (χ3v) is 6.14. The van der Waals surface area contributed by atoms with Gasteiger partial charge in [-0.05, 0) is 60.2 Å². The Morgan fingerprint density at radius 2 is 1.53 bits per heavy atom. The Bertz CT molecular complexity index is 707. The van der Waals surface area contributed by atoms with Gasteiger partial charge in [-0.3, -0.25) is 0 Å². The topological polar surface area (TPSA) is 12.9 Å². The van der Waals surface area contributed by atoms with Crippen LogP contribution < -0.4 is 0 Å². The summed E-state index contributed by atoms with van der Waals surface area (Å²) in [6.45, 7) is 11.3. The van der Waals surface area contributed by atoms with Gasteiger partial charge in [0, 0.05) is 10.5 Å². The lowest BCUT2D eigenvalue weighted by Crippen LogP contribution is -2.23. The molecule has 0 radical (unpaired) electrons. The number of hydrogen-bond acceptors (Lipinski definition) is 1. The van der Waals surface area contributed by atoms with Crippen LogP contribution >= 0.6 is 8.35 Å². The van der Waals surface area contributed by atoms with E-state index >= 15 is 0 Å². The molecule has 0 bridgehead atoms. The van der Waals surface area contributed by atoms with E-state index in [-0.39, 0.29) is 5.41 Å². The fraction of sp³-hybridized carbons (Fsp3) is 0.353. The smallest absolute Gasteiger partial charge is 0.0664 e. The highest BCUT2D eigenvalue weighted by molar-refractivity contribution is 7.32. The molecule has 0 N–H and O–H groups in total. The lowest BCUT2D eigenvalue weighted by atomic mass is 9.75. The van der Waals surface area contributed by atoms with Gasteiger partial charge in [-0.15, -0.1) is 0 Å². The lowest BCUT2D eigenvalue weighted by Gasteiger charge is -2.28. The first-order valence-corrected chi connectivity index (χ1v) is 7.72. The van der Waals surface area contributed by atoms with Crippen molar-refractivity contribution in [3.8, 4) is 0 Å². The van der Waals surface area contributed by atoms with E-state index < -0.39 is 0 Å². The summed E-state index contributed by atoms with van der Waals surface area (Å²) in [6, 6.07) is 8.67. The number of allylic oxidation sites excluding steroid dienone is 4. The number of fused-ring (bicyclic) bond motifs is 1. The Kier molecular flexibility index (Phi) is 2.73. The van der Waals surface area contributed by atoms with E-state index in [2.05, 4.69) is 58.9 Å². The van der Waals surface area contributed by atoms with Crippen LogP contribution in [0, 0.1) is 0 Å². The van der Waals surface area contributed by atoms with Crippen LogP contribution in [0.25, 0.3) is 10.5 Å². The molecule has 1 aliphatic rings. The predicted molar refractivity (Wildman–Crippen MR) is 85.3 cm³/mol. The molecule has 1 unspecified atom stereocenters. The first-order valence-electron chi connectivity index (χ1n) is 6.77. The fourth-order valence-electron chi connectivity index (χ4n) is 3.29. The van der Waals surface area contributed by atoms with E-state index in [1.54, 1.807) is 0 Å². The van der Waals surface area contributed by atoms with E-state index in [1.165, 1.54) is 38.5 Å². The third kappa shape index (κ3) is 1.51. The van der Waals surface area contributed by atoms with Gasteiger partial charge in [0.15, 0.2) is 0 Å². The highest BCUT2D eigenvalue weighted by Crippen LogP contribution is 2.50. The van der Waals surface area contributed by atoms with Crippen LogP contribution in [-0.2, 0) is 5.41 Å². The first-order chi connectivity index (χ1) is 8.98. The van der Waals surface area contributed by atoms with E-state index in [0.29, 0.717) is 8.35 Å². The van der Waals surface area contributed by atoms with Crippen LogP contribution in [0.3, 0.4) is 0 Å². The zero-order chi connectivity index (χ0) is 13.8. The minimum Gasteiger partial charge on any atom is -0.243 e. The summed E-state index contributed by atoms with van der Waals surface area (Å²) in [5, 5.41) is 2.74. The Balaban J connectivity index is 2.33. The molecule has 1 nitrogen and oxygen atoms in total. The van der Waals surface area contributed by atoms with Crippen molar-refractivity contribution in [2.24, 2.45) is 0 Å². The molecule has 0 saturated heterocycles. The van der Waals surface area contributed by atoms with Gasteiger partial charge < -0.3 is 0 Å². The zero-order valence-corrected chi connectivity index (χ0v) is 13.3. The van der Waals surface area contributed by atoms with Crippen molar-refractivity contribution in [1.29, 1.82) is 0 Å². The molecule has 1 aromatic heterocycles. The quantitative estimate of drug-likeness (QED) is 0.692. The van der Waals surface area contributed by atoms with Crippen molar-refractivity contribution in [3.05, 3.63) is 52.3 Å². The summed E-state index contributed by atoms with van der Waals surface area (Å²) >= 11 is 0. The summed E-state index contributed by atoms with van der Waals surface area (Å²) in [7, 11) is 0.574. The lowest BCUT2D eigenvalue weighted by molar-refractivity contribution is 0.656. The molecule has 1 aliphatic carbocycles. The van der Waals surface area contributed by atoms with E-state index in [1.807, 2.05) is 0 Å². The molecule has 2 aromatic rings. The van der Waals surface area contributed by atoms with Gasteiger partial charge in [-0.1, -0.05) is 29.3 Å². The van der Waals surface area contributed by atoms with Crippen molar-refractivity contribution in [3.63, 3.8) is 0 Å². The van der Waals surface area contributed by atoms with Gasteiger partial charge in [0.1, 0.15) is 0 Å². The van der Waals surface area contributed by atoms with Gasteiger partial charge in [0.05, 0.1) is 11.1 Å². The summed E-state index contributed by atoms with van der Waals surface area (Å²) in [4.78, 5) is 0. The fourth-order valence-corrected chi connectivity index (χ4v) is 4.36. The average Bonchev–Trinajstić information content (AvgIpc) is 2.92. The van der Waals surface area contributed by atoms with Gasteiger partial charge in [0.25, 0.3) is 0 Å². The van der Waals surface area contributed by atoms with Crippen LogP contribution in [0.15, 0.2) is 46.6 Å². The normalized spacial score (nSPS) is 19.2. The predicted octanol–water partition coefficient (Wildman–Crippen LogP) is 5.21. The molecule has 0 fully saturated rings. The van der Waals surface area contributed by atoms with Crippen LogP contribution in [0.4, 0.5) is 0 Å². The molecule has 98 valence electrons. The minimum absolute atomic E-state index is 0.00618. The summed E-state index contributed by atoms with van der Waals surface area (Å²) in [5.41, 5.74) is 7.07. The number of nitrogens with zero attached hydrogens (tertiary/aromatic N) is 1. The standard InChI is InChI=1S/C17H20NP/c1-10-11(2)13(4)17(5,12(10)3)16-14-8-6-7-9-15(14)19-18-16/h6-9,19H,1-5H3. The largest absolute Gasteiger partial charge is 0.243 e. The Morgan fingerprint density at radius 1 is 0.947 bits per heavy atom. The van der Waals surface area contributed by atoms with Gasteiger partial charge in [0.2, 0.25) is 0 Å². The second-order valence-corrected chi connectivity index (χ2v) is 6.73. The van der Waals surface area contributed by atoms with E-state index in [4.69, 9.17) is 4.75 Å². The van der Waals surface area contributed by atoms with Crippen LogP contribution in [0.1, 0.15) is 40.3 Å². The van der Waals surface area contributed by atoms with Crippen molar-refractivity contribution in [1.82, 2.24) is 4.75 Å². The Hall–Kier alpha value is -1.33. The van der Waals surface area contributed by atoms with Gasteiger partial charge >= 0.3 is 0 Å². The second kappa shape index (κ2) is 4.08. The zero-order valence-electron chi connectivity index (χ0n) is 12.3. The number of aromatic nitrogens is 1. The molecule has 19 heavy (non-hydrogen) atoms. The van der Waals surface area contributed by atoms with Crippen molar-refractivity contribution >= 4 is 18.9 Å². The minimum atomic E-state index is -0.00618.